The van der Waals surface area contributed by atoms with Crippen LogP contribution in [0.4, 0.5) is 0 Å². The summed E-state index contributed by atoms with van der Waals surface area (Å²) in [4.78, 5) is 2.45. The van der Waals surface area contributed by atoms with Gasteiger partial charge in [-0.25, -0.2) is 0 Å². The second kappa shape index (κ2) is 5.51. The molecule has 1 fully saturated rings. The first-order valence-electron chi connectivity index (χ1n) is 6.31. The minimum atomic E-state index is 0.531. The van der Waals surface area contributed by atoms with Gasteiger partial charge in [-0.05, 0) is 37.4 Å². The first-order chi connectivity index (χ1) is 7.85. The molecule has 0 aliphatic heterocycles. The lowest BCUT2D eigenvalue weighted by atomic mass is 9.79. The molecule has 1 aromatic rings. The van der Waals surface area contributed by atoms with Gasteiger partial charge in [0.15, 0.2) is 0 Å². The molecule has 3 nitrogen and oxygen atoms in total. The van der Waals surface area contributed by atoms with Gasteiger partial charge < -0.3 is 10.2 Å². The standard InChI is InChI=1S/C13H22N2O/c1-2-15(10-12-7-4-8-16-12)13(9-14)11-5-3-6-11/h4,7-8,11,13H,2-3,5-6,9-10,14H2,1H3. The zero-order valence-electron chi connectivity index (χ0n) is 10.1. The molecule has 0 bridgehead atoms. The highest BCUT2D eigenvalue weighted by molar-refractivity contribution is 4.99. The molecule has 0 radical (unpaired) electrons. The van der Waals surface area contributed by atoms with Crippen LogP contribution < -0.4 is 5.73 Å². The van der Waals surface area contributed by atoms with Crippen molar-refractivity contribution in [3.8, 4) is 0 Å². The monoisotopic (exact) mass is 222 g/mol. The lowest BCUT2D eigenvalue weighted by Gasteiger charge is -2.40. The Balaban J connectivity index is 1.96. The second-order valence-corrected chi connectivity index (χ2v) is 4.64. The molecule has 16 heavy (non-hydrogen) atoms. The van der Waals surface area contributed by atoms with Gasteiger partial charge in [-0.3, -0.25) is 4.90 Å². The van der Waals surface area contributed by atoms with Crippen molar-refractivity contribution >= 4 is 0 Å². The summed E-state index contributed by atoms with van der Waals surface area (Å²) in [6.07, 6.45) is 5.80. The molecule has 0 aromatic carbocycles. The van der Waals surface area contributed by atoms with Gasteiger partial charge in [-0.2, -0.15) is 0 Å². The van der Waals surface area contributed by atoms with Crippen LogP contribution in [-0.4, -0.2) is 24.0 Å². The van der Waals surface area contributed by atoms with Crippen molar-refractivity contribution in [1.29, 1.82) is 0 Å². The molecule has 2 rings (SSSR count). The zero-order valence-corrected chi connectivity index (χ0v) is 10.1. The van der Waals surface area contributed by atoms with Crippen molar-refractivity contribution in [1.82, 2.24) is 4.90 Å². The average Bonchev–Trinajstić information content (AvgIpc) is 2.72. The van der Waals surface area contributed by atoms with Crippen molar-refractivity contribution in [3.05, 3.63) is 24.2 Å². The van der Waals surface area contributed by atoms with Gasteiger partial charge >= 0.3 is 0 Å². The minimum Gasteiger partial charge on any atom is -0.468 e. The normalized spacial score (nSPS) is 18.7. The summed E-state index contributed by atoms with van der Waals surface area (Å²) < 4.78 is 5.41. The van der Waals surface area contributed by atoms with Crippen LogP contribution in [-0.2, 0) is 6.54 Å². The summed E-state index contributed by atoms with van der Waals surface area (Å²) >= 11 is 0. The van der Waals surface area contributed by atoms with E-state index in [1.807, 2.05) is 12.1 Å². The van der Waals surface area contributed by atoms with Crippen LogP contribution in [0.25, 0.3) is 0 Å². The Bertz CT molecular complexity index is 293. The zero-order chi connectivity index (χ0) is 11.4. The number of likely N-dealkylation sites (N-methyl/N-ethyl adjacent to an activating group) is 1. The minimum absolute atomic E-state index is 0.531. The molecule has 3 heteroatoms. The summed E-state index contributed by atoms with van der Waals surface area (Å²) in [5.41, 5.74) is 5.92. The number of nitrogens with zero attached hydrogens (tertiary/aromatic N) is 1. The number of hydrogen-bond donors (Lipinski definition) is 1. The molecule has 1 unspecified atom stereocenters. The largest absolute Gasteiger partial charge is 0.468 e. The van der Waals surface area contributed by atoms with E-state index in [1.165, 1.54) is 19.3 Å². The van der Waals surface area contributed by atoms with Crippen LogP contribution in [0, 0.1) is 5.92 Å². The van der Waals surface area contributed by atoms with Crippen molar-refractivity contribution in [2.24, 2.45) is 11.7 Å². The van der Waals surface area contributed by atoms with Gasteiger partial charge in [0.2, 0.25) is 0 Å². The molecule has 1 atom stereocenters. The molecular weight excluding hydrogens is 200 g/mol. The van der Waals surface area contributed by atoms with E-state index in [9.17, 15) is 0 Å². The third-order valence-corrected chi connectivity index (χ3v) is 3.75. The Labute approximate surface area is 97.6 Å². The number of rotatable bonds is 6. The van der Waals surface area contributed by atoms with Gasteiger partial charge in [0.1, 0.15) is 5.76 Å². The summed E-state index contributed by atoms with van der Waals surface area (Å²) in [6, 6.07) is 4.52. The molecular formula is C13H22N2O. The smallest absolute Gasteiger partial charge is 0.117 e. The fourth-order valence-corrected chi connectivity index (χ4v) is 2.53. The summed E-state index contributed by atoms with van der Waals surface area (Å²) in [5, 5.41) is 0. The maximum absolute atomic E-state index is 5.92. The average molecular weight is 222 g/mol. The molecule has 90 valence electrons. The molecule has 0 spiro atoms. The maximum atomic E-state index is 5.92. The van der Waals surface area contributed by atoms with E-state index in [-0.39, 0.29) is 0 Å². The van der Waals surface area contributed by atoms with Gasteiger partial charge in [-0.1, -0.05) is 13.3 Å². The molecule has 1 aliphatic rings. The van der Waals surface area contributed by atoms with E-state index in [0.717, 1.165) is 31.3 Å². The number of hydrogen-bond acceptors (Lipinski definition) is 3. The third-order valence-electron chi connectivity index (χ3n) is 3.75. The number of nitrogens with two attached hydrogens (primary N) is 1. The van der Waals surface area contributed by atoms with Crippen LogP contribution in [0.3, 0.4) is 0 Å². The SMILES string of the molecule is CCN(Cc1ccco1)C(CN)C1CCC1. The topological polar surface area (TPSA) is 42.4 Å². The van der Waals surface area contributed by atoms with Gasteiger partial charge in [0.25, 0.3) is 0 Å². The van der Waals surface area contributed by atoms with Crippen LogP contribution in [0.1, 0.15) is 31.9 Å². The fraction of sp³-hybridized carbons (Fsp3) is 0.692. The second-order valence-electron chi connectivity index (χ2n) is 4.64. The van der Waals surface area contributed by atoms with E-state index >= 15 is 0 Å². The van der Waals surface area contributed by atoms with Crippen LogP contribution >= 0.6 is 0 Å². The van der Waals surface area contributed by atoms with Crippen molar-refractivity contribution in [3.63, 3.8) is 0 Å². The Kier molecular flexibility index (Phi) is 4.02. The molecule has 0 saturated heterocycles. The molecule has 1 heterocycles. The molecule has 0 amide bonds. The van der Waals surface area contributed by atoms with Crippen molar-refractivity contribution < 1.29 is 4.42 Å². The summed E-state index contributed by atoms with van der Waals surface area (Å²) in [7, 11) is 0. The van der Waals surface area contributed by atoms with Gasteiger partial charge in [0, 0.05) is 12.6 Å². The molecule has 1 saturated carbocycles. The highest BCUT2D eigenvalue weighted by atomic mass is 16.3. The van der Waals surface area contributed by atoms with Crippen molar-refractivity contribution in [2.45, 2.75) is 38.8 Å². The third kappa shape index (κ3) is 2.47. The predicted octanol–water partition coefficient (Wildman–Crippen LogP) is 2.23. The Morgan fingerprint density at radius 3 is 2.81 bits per heavy atom. The fourth-order valence-electron chi connectivity index (χ4n) is 2.53. The first kappa shape index (κ1) is 11.7. The highest BCUT2D eigenvalue weighted by Crippen LogP contribution is 2.32. The highest BCUT2D eigenvalue weighted by Gasteiger charge is 2.30. The summed E-state index contributed by atoms with van der Waals surface area (Å²) in [6.45, 7) is 4.89. The lowest BCUT2D eigenvalue weighted by molar-refractivity contribution is 0.0928. The Morgan fingerprint density at radius 2 is 2.38 bits per heavy atom. The van der Waals surface area contributed by atoms with Gasteiger partial charge in [0.05, 0.1) is 12.8 Å². The summed E-state index contributed by atoms with van der Waals surface area (Å²) in [5.74, 6) is 1.85. The van der Waals surface area contributed by atoms with E-state index in [4.69, 9.17) is 10.2 Å². The maximum Gasteiger partial charge on any atom is 0.117 e. The van der Waals surface area contributed by atoms with Crippen LogP contribution in [0.2, 0.25) is 0 Å². The Morgan fingerprint density at radius 1 is 1.56 bits per heavy atom. The van der Waals surface area contributed by atoms with Crippen LogP contribution in [0.15, 0.2) is 22.8 Å². The van der Waals surface area contributed by atoms with E-state index in [0.29, 0.717) is 6.04 Å². The predicted molar refractivity (Wildman–Crippen MR) is 65.0 cm³/mol. The van der Waals surface area contributed by atoms with Gasteiger partial charge in [-0.15, -0.1) is 0 Å². The van der Waals surface area contributed by atoms with E-state index in [2.05, 4.69) is 11.8 Å². The lowest BCUT2D eigenvalue weighted by Crippen LogP contribution is -2.47. The van der Waals surface area contributed by atoms with Crippen LogP contribution in [0.5, 0.6) is 0 Å². The molecule has 1 aliphatic carbocycles. The van der Waals surface area contributed by atoms with Crippen molar-refractivity contribution in [2.75, 3.05) is 13.1 Å². The Hall–Kier alpha value is -0.800. The quantitative estimate of drug-likeness (QED) is 0.802. The molecule has 2 N–H and O–H groups in total. The number of furan rings is 1. The van der Waals surface area contributed by atoms with E-state index in [1.54, 1.807) is 6.26 Å². The van der Waals surface area contributed by atoms with E-state index < -0.39 is 0 Å². The molecule has 1 aromatic heterocycles. The first-order valence-corrected chi connectivity index (χ1v) is 6.31.